The Kier molecular flexibility index (Phi) is 3.64. The molecule has 0 amide bonds. The van der Waals surface area contributed by atoms with Crippen LogP contribution in [-0.4, -0.2) is 16.3 Å². The molecule has 1 aromatic heterocycles. The third-order valence-electron chi connectivity index (χ3n) is 4.24. The van der Waals surface area contributed by atoms with E-state index < -0.39 is 0 Å². The Bertz CT molecular complexity index is 598. The zero-order valence-electron chi connectivity index (χ0n) is 12.0. The highest BCUT2D eigenvalue weighted by molar-refractivity contribution is 5.44. The molecule has 0 aliphatic heterocycles. The molecule has 0 saturated carbocycles. The molecule has 1 atom stereocenters. The number of hydrogen-bond donors (Lipinski definition) is 2. The lowest BCUT2D eigenvalue weighted by atomic mass is 9.93. The fraction of sp³-hybridized carbons (Fsp3) is 0.412. The topological polar surface area (TPSA) is 51.2 Å². The fourth-order valence-electron chi connectivity index (χ4n) is 3.24. The molecule has 0 bridgehead atoms. The van der Waals surface area contributed by atoms with Gasteiger partial charge in [-0.25, -0.2) is 0 Å². The zero-order valence-corrected chi connectivity index (χ0v) is 12.0. The first-order valence-corrected chi connectivity index (χ1v) is 7.37. The van der Waals surface area contributed by atoms with Crippen LogP contribution in [0.4, 0.5) is 0 Å². The maximum absolute atomic E-state index is 8.99. The van der Waals surface area contributed by atoms with Gasteiger partial charge in [-0.15, -0.1) is 0 Å². The predicted molar refractivity (Wildman–Crippen MR) is 81.2 cm³/mol. The molecule has 3 nitrogen and oxygen atoms in total. The summed E-state index contributed by atoms with van der Waals surface area (Å²) in [6, 6.07) is 10.9. The van der Waals surface area contributed by atoms with Crippen LogP contribution in [0.3, 0.4) is 0 Å². The largest absolute Gasteiger partial charge is 0.396 e. The summed E-state index contributed by atoms with van der Waals surface area (Å²) in [7, 11) is 0. The number of benzene rings is 1. The van der Waals surface area contributed by atoms with E-state index in [1.54, 1.807) is 0 Å². The molecule has 20 heavy (non-hydrogen) atoms. The van der Waals surface area contributed by atoms with Gasteiger partial charge in [-0.1, -0.05) is 12.1 Å². The summed E-state index contributed by atoms with van der Waals surface area (Å²) in [5.74, 6) is 0. The lowest BCUT2D eigenvalue weighted by Gasteiger charge is -2.21. The Hall–Kier alpha value is -1.58. The Balaban J connectivity index is 2.01. The van der Waals surface area contributed by atoms with Crippen molar-refractivity contribution in [3.63, 3.8) is 0 Å². The molecule has 3 N–H and O–H groups in total. The van der Waals surface area contributed by atoms with Crippen molar-refractivity contribution in [3.8, 4) is 5.69 Å². The van der Waals surface area contributed by atoms with Gasteiger partial charge in [0.05, 0.1) is 0 Å². The Morgan fingerprint density at radius 3 is 2.75 bits per heavy atom. The van der Waals surface area contributed by atoms with Gasteiger partial charge in [0.15, 0.2) is 0 Å². The second-order valence-corrected chi connectivity index (χ2v) is 5.66. The molecule has 0 radical (unpaired) electrons. The molecule has 1 aromatic carbocycles. The Labute approximate surface area is 120 Å². The van der Waals surface area contributed by atoms with Gasteiger partial charge in [0.2, 0.25) is 0 Å². The van der Waals surface area contributed by atoms with Crippen LogP contribution < -0.4 is 5.73 Å². The van der Waals surface area contributed by atoms with Gasteiger partial charge in [0, 0.05) is 29.7 Å². The fourth-order valence-corrected chi connectivity index (χ4v) is 3.24. The number of aliphatic hydroxyl groups is 1. The number of rotatable bonds is 3. The van der Waals surface area contributed by atoms with Gasteiger partial charge < -0.3 is 15.4 Å². The van der Waals surface area contributed by atoms with E-state index in [4.69, 9.17) is 10.8 Å². The smallest absolute Gasteiger partial charge is 0.0471 e. The van der Waals surface area contributed by atoms with Crippen molar-refractivity contribution in [1.29, 1.82) is 0 Å². The molecule has 0 fully saturated rings. The van der Waals surface area contributed by atoms with E-state index in [9.17, 15) is 0 Å². The molecule has 3 rings (SSSR count). The van der Waals surface area contributed by atoms with E-state index in [1.165, 1.54) is 34.6 Å². The Morgan fingerprint density at radius 2 is 2.05 bits per heavy atom. The molecule has 1 heterocycles. The van der Waals surface area contributed by atoms with Gasteiger partial charge in [0.1, 0.15) is 0 Å². The monoisotopic (exact) mass is 270 g/mol. The van der Waals surface area contributed by atoms with Crippen LogP contribution in [0.1, 0.15) is 41.4 Å². The van der Waals surface area contributed by atoms with Gasteiger partial charge in [-0.3, -0.25) is 0 Å². The minimum atomic E-state index is 0.187. The van der Waals surface area contributed by atoms with Crippen LogP contribution in [0.25, 0.3) is 5.69 Å². The number of aromatic nitrogens is 1. The van der Waals surface area contributed by atoms with Crippen molar-refractivity contribution in [2.75, 3.05) is 6.61 Å². The second-order valence-electron chi connectivity index (χ2n) is 5.66. The van der Waals surface area contributed by atoms with Gasteiger partial charge in [-0.2, -0.15) is 0 Å². The highest BCUT2D eigenvalue weighted by Crippen LogP contribution is 2.32. The summed E-state index contributed by atoms with van der Waals surface area (Å²) in [5, 5.41) is 8.99. The number of fused-ring (bicyclic) bond motifs is 1. The number of nitrogens with two attached hydrogens (primary N) is 1. The van der Waals surface area contributed by atoms with E-state index in [1.807, 2.05) is 0 Å². The summed E-state index contributed by atoms with van der Waals surface area (Å²) >= 11 is 0. The predicted octanol–water partition coefficient (Wildman–Crippen LogP) is 2.66. The maximum atomic E-state index is 8.99. The highest BCUT2D eigenvalue weighted by Gasteiger charge is 2.22. The third kappa shape index (κ3) is 2.28. The summed E-state index contributed by atoms with van der Waals surface area (Å²) < 4.78 is 2.33. The first-order chi connectivity index (χ1) is 9.70. The van der Waals surface area contributed by atoms with Gasteiger partial charge >= 0.3 is 0 Å². The minimum Gasteiger partial charge on any atom is -0.396 e. The quantitative estimate of drug-likeness (QED) is 0.901. The number of aryl methyl sites for hydroxylation is 1. The van der Waals surface area contributed by atoms with Crippen molar-refractivity contribution in [2.24, 2.45) is 5.73 Å². The molecule has 3 heteroatoms. The number of aliphatic hydroxyl groups excluding tert-OH is 1. The van der Waals surface area contributed by atoms with Gasteiger partial charge in [0.25, 0.3) is 0 Å². The normalized spacial score (nSPS) is 18.1. The molecule has 1 unspecified atom stereocenters. The second kappa shape index (κ2) is 5.43. The van der Waals surface area contributed by atoms with Crippen LogP contribution in [0.2, 0.25) is 0 Å². The van der Waals surface area contributed by atoms with Crippen LogP contribution in [0, 0.1) is 6.92 Å². The standard InChI is InChI=1S/C17H22N2O/c1-12-11-15-16(18)3-2-4-17(15)19(12)14-7-5-13(6-8-14)9-10-20/h5-8,11,16,20H,2-4,9-10,18H2,1H3. The first kappa shape index (κ1) is 13.4. The highest BCUT2D eigenvalue weighted by atomic mass is 16.2. The van der Waals surface area contributed by atoms with Crippen molar-refractivity contribution in [3.05, 3.63) is 52.8 Å². The summed E-state index contributed by atoms with van der Waals surface area (Å²) in [5.41, 5.74) is 12.5. The van der Waals surface area contributed by atoms with Crippen molar-refractivity contribution >= 4 is 0 Å². The SMILES string of the molecule is Cc1cc2c(n1-c1ccc(CCO)cc1)CCCC2N. The maximum Gasteiger partial charge on any atom is 0.0471 e. The van der Waals surface area contributed by atoms with E-state index in [0.717, 1.165) is 12.8 Å². The first-order valence-electron chi connectivity index (χ1n) is 7.37. The van der Waals surface area contributed by atoms with Crippen LogP contribution in [0.5, 0.6) is 0 Å². The average molecular weight is 270 g/mol. The molecule has 0 spiro atoms. The molecule has 0 saturated heterocycles. The van der Waals surface area contributed by atoms with Gasteiger partial charge in [-0.05, 0) is 61.9 Å². The molecular weight excluding hydrogens is 248 g/mol. The average Bonchev–Trinajstić information content (AvgIpc) is 2.78. The van der Waals surface area contributed by atoms with E-state index in [2.05, 4.69) is 41.8 Å². The number of hydrogen-bond acceptors (Lipinski definition) is 2. The van der Waals surface area contributed by atoms with E-state index in [-0.39, 0.29) is 12.6 Å². The molecule has 2 aromatic rings. The lowest BCUT2D eigenvalue weighted by Crippen LogP contribution is -2.17. The number of nitrogens with zero attached hydrogens (tertiary/aromatic N) is 1. The molecule has 106 valence electrons. The van der Waals surface area contributed by atoms with E-state index in [0.29, 0.717) is 6.42 Å². The Morgan fingerprint density at radius 1 is 1.30 bits per heavy atom. The zero-order chi connectivity index (χ0) is 14.1. The molecular formula is C17H22N2O. The van der Waals surface area contributed by atoms with Crippen molar-refractivity contribution in [1.82, 2.24) is 4.57 Å². The van der Waals surface area contributed by atoms with Crippen LogP contribution in [-0.2, 0) is 12.8 Å². The molecule has 1 aliphatic carbocycles. The minimum absolute atomic E-state index is 0.187. The molecule has 1 aliphatic rings. The lowest BCUT2D eigenvalue weighted by molar-refractivity contribution is 0.299. The summed E-state index contributed by atoms with van der Waals surface area (Å²) in [6.45, 7) is 2.35. The van der Waals surface area contributed by atoms with Crippen LogP contribution >= 0.6 is 0 Å². The van der Waals surface area contributed by atoms with E-state index >= 15 is 0 Å². The summed E-state index contributed by atoms with van der Waals surface area (Å²) in [6.07, 6.45) is 4.08. The van der Waals surface area contributed by atoms with Crippen LogP contribution in [0.15, 0.2) is 30.3 Å². The van der Waals surface area contributed by atoms with Crippen molar-refractivity contribution in [2.45, 2.75) is 38.6 Å². The third-order valence-corrected chi connectivity index (χ3v) is 4.24. The van der Waals surface area contributed by atoms with Crippen molar-refractivity contribution < 1.29 is 5.11 Å². The summed E-state index contributed by atoms with van der Waals surface area (Å²) in [4.78, 5) is 0.